The lowest BCUT2D eigenvalue weighted by atomic mass is 10.1. The summed E-state index contributed by atoms with van der Waals surface area (Å²) in [4.78, 5) is 25.4. The second kappa shape index (κ2) is 8.08. The molecule has 9 heteroatoms. The fraction of sp³-hybridized carbons (Fsp3) is 0.190. The fourth-order valence-electron chi connectivity index (χ4n) is 3.33. The maximum atomic E-state index is 13.0. The van der Waals surface area contributed by atoms with Crippen LogP contribution in [0.5, 0.6) is 11.5 Å². The highest BCUT2D eigenvalue weighted by molar-refractivity contribution is 6.30. The molecule has 3 aromatic rings. The molecule has 4 rings (SSSR count). The van der Waals surface area contributed by atoms with E-state index in [1.165, 1.54) is 11.8 Å². The van der Waals surface area contributed by atoms with E-state index >= 15 is 0 Å². The highest BCUT2D eigenvalue weighted by Gasteiger charge is 2.33. The van der Waals surface area contributed by atoms with Crippen LogP contribution in [-0.4, -0.2) is 35.8 Å². The minimum atomic E-state index is -0.804. The van der Waals surface area contributed by atoms with E-state index in [2.05, 4.69) is 15.7 Å². The first-order valence-electron chi connectivity index (χ1n) is 9.16. The molecule has 1 aromatic heterocycles. The number of nitrogens with one attached hydrogen (secondary N) is 2. The van der Waals surface area contributed by atoms with Gasteiger partial charge in [0.25, 0.3) is 0 Å². The quantitative estimate of drug-likeness (QED) is 0.648. The van der Waals surface area contributed by atoms with E-state index in [0.717, 1.165) is 5.56 Å². The van der Waals surface area contributed by atoms with Gasteiger partial charge in [0.15, 0.2) is 0 Å². The lowest BCUT2D eigenvalue weighted by molar-refractivity contribution is -0.125. The van der Waals surface area contributed by atoms with E-state index in [-0.39, 0.29) is 18.2 Å². The summed E-state index contributed by atoms with van der Waals surface area (Å²) >= 11 is 5.96. The number of ether oxygens (including phenoxy) is 2. The Morgan fingerprint density at radius 2 is 1.97 bits per heavy atom. The van der Waals surface area contributed by atoms with Crippen molar-refractivity contribution in [2.75, 3.05) is 24.9 Å². The number of carbonyl (C=O) groups is 2. The topological polar surface area (TPSA) is 94.5 Å². The van der Waals surface area contributed by atoms with Gasteiger partial charge in [0, 0.05) is 16.7 Å². The predicted molar refractivity (Wildman–Crippen MR) is 113 cm³/mol. The van der Waals surface area contributed by atoms with Gasteiger partial charge in [-0.15, -0.1) is 0 Å². The van der Waals surface area contributed by atoms with E-state index in [9.17, 15) is 9.59 Å². The monoisotopic (exact) mass is 426 g/mol. The first-order valence-corrected chi connectivity index (χ1v) is 9.54. The molecule has 2 aromatic carbocycles. The summed E-state index contributed by atoms with van der Waals surface area (Å²) < 4.78 is 12.0. The van der Waals surface area contributed by atoms with Crippen molar-refractivity contribution in [1.82, 2.24) is 9.78 Å². The van der Waals surface area contributed by atoms with E-state index in [1.54, 1.807) is 43.6 Å². The van der Waals surface area contributed by atoms with Gasteiger partial charge in [0.2, 0.25) is 11.8 Å². The number of nitrogens with zero attached hydrogens (tertiary/aromatic N) is 2. The van der Waals surface area contributed by atoms with Crippen molar-refractivity contribution < 1.29 is 19.1 Å². The third-order valence-corrected chi connectivity index (χ3v) is 5.10. The molecule has 0 bridgehead atoms. The molecule has 2 amide bonds. The summed E-state index contributed by atoms with van der Waals surface area (Å²) in [6, 6.07) is 11.4. The number of fused-ring (bicyclic) bond motifs is 1. The van der Waals surface area contributed by atoms with Gasteiger partial charge in [0.05, 0.1) is 32.5 Å². The number of methoxy groups -OCH3 is 2. The SMILES string of the molecule is COc1ccc(NC(=O)C2CC(=O)Nc3c(-c4ccc(Cl)cc4)cnn32)c(OC)c1. The minimum Gasteiger partial charge on any atom is -0.497 e. The molecule has 0 spiro atoms. The third kappa shape index (κ3) is 3.69. The molecule has 1 aliphatic heterocycles. The van der Waals surface area contributed by atoms with Gasteiger partial charge in [-0.1, -0.05) is 23.7 Å². The van der Waals surface area contributed by atoms with Crippen molar-refractivity contribution in [1.29, 1.82) is 0 Å². The molecule has 0 radical (unpaired) electrons. The Morgan fingerprint density at radius 1 is 1.20 bits per heavy atom. The lowest BCUT2D eigenvalue weighted by Gasteiger charge is -2.25. The normalized spacial score (nSPS) is 15.2. The van der Waals surface area contributed by atoms with Crippen molar-refractivity contribution in [2.45, 2.75) is 12.5 Å². The number of hydrogen-bond donors (Lipinski definition) is 2. The summed E-state index contributed by atoms with van der Waals surface area (Å²) in [7, 11) is 3.05. The summed E-state index contributed by atoms with van der Waals surface area (Å²) in [5, 5.41) is 10.6. The zero-order valence-corrected chi connectivity index (χ0v) is 17.1. The Bertz CT molecular complexity index is 1110. The van der Waals surface area contributed by atoms with Crippen LogP contribution in [0.3, 0.4) is 0 Å². The van der Waals surface area contributed by atoms with Crippen LogP contribution in [0.4, 0.5) is 11.5 Å². The summed E-state index contributed by atoms with van der Waals surface area (Å²) in [6.07, 6.45) is 1.59. The molecule has 0 fully saturated rings. The zero-order valence-electron chi connectivity index (χ0n) is 16.3. The Balaban J connectivity index is 1.64. The summed E-state index contributed by atoms with van der Waals surface area (Å²) in [6.45, 7) is 0. The van der Waals surface area contributed by atoms with E-state index in [4.69, 9.17) is 21.1 Å². The van der Waals surface area contributed by atoms with Crippen molar-refractivity contribution in [2.24, 2.45) is 0 Å². The van der Waals surface area contributed by atoms with Gasteiger partial charge in [0.1, 0.15) is 23.4 Å². The average Bonchev–Trinajstić information content (AvgIpc) is 3.17. The van der Waals surface area contributed by atoms with Crippen LogP contribution < -0.4 is 20.1 Å². The minimum absolute atomic E-state index is 0.0287. The molecule has 0 saturated carbocycles. The lowest BCUT2D eigenvalue weighted by Crippen LogP contribution is -2.35. The Morgan fingerprint density at radius 3 is 2.67 bits per heavy atom. The van der Waals surface area contributed by atoms with Crippen LogP contribution in [0.15, 0.2) is 48.7 Å². The van der Waals surface area contributed by atoms with E-state index < -0.39 is 6.04 Å². The molecule has 1 atom stereocenters. The molecule has 8 nitrogen and oxygen atoms in total. The standard InChI is InChI=1S/C21H19ClN4O4/c1-29-14-7-8-16(18(9-14)30-2)24-21(28)17-10-19(27)25-20-15(11-23-26(17)20)12-3-5-13(22)6-4-12/h3-9,11,17H,10H2,1-2H3,(H,24,28)(H,25,27). The van der Waals surface area contributed by atoms with Gasteiger partial charge in [-0.3, -0.25) is 9.59 Å². The predicted octanol–water partition coefficient (Wildman–Crippen LogP) is 3.74. The molecule has 2 N–H and O–H groups in total. The second-order valence-corrected chi connectivity index (χ2v) is 7.12. The number of amides is 2. The highest BCUT2D eigenvalue weighted by Crippen LogP contribution is 2.36. The molecule has 1 aliphatic rings. The highest BCUT2D eigenvalue weighted by atomic mass is 35.5. The third-order valence-electron chi connectivity index (χ3n) is 4.85. The molecule has 1 unspecified atom stereocenters. The Hall–Kier alpha value is -3.52. The fourth-order valence-corrected chi connectivity index (χ4v) is 3.46. The summed E-state index contributed by atoms with van der Waals surface area (Å²) in [5.74, 6) is 0.880. The maximum absolute atomic E-state index is 13.0. The van der Waals surface area contributed by atoms with Crippen molar-refractivity contribution in [3.63, 3.8) is 0 Å². The molecule has 0 saturated heterocycles. The zero-order chi connectivity index (χ0) is 21.3. The van der Waals surface area contributed by atoms with Gasteiger partial charge in [-0.05, 0) is 29.8 Å². The van der Waals surface area contributed by atoms with Crippen molar-refractivity contribution in [3.8, 4) is 22.6 Å². The number of aromatic nitrogens is 2. The van der Waals surface area contributed by atoms with Crippen molar-refractivity contribution >= 4 is 34.9 Å². The Kier molecular flexibility index (Phi) is 5.33. The number of hydrogen-bond acceptors (Lipinski definition) is 5. The maximum Gasteiger partial charge on any atom is 0.249 e. The number of carbonyl (C=O) groups excluding carboxylic acids is 2. The van der Waals surface area contributed by atoms with Gasteiger partial charge in [-0.25, -0.2) is 4.68 Å². The first-order chi connectivity index (χ1) is 14.5. The average molecular weight is 427 g/mol. The van der Waals surface area contributed by atoms with Crippen LogP contribution >= 0.6 is 11.6 Å². The van der Waals surface area contributed by atoms with E-state index in [0.29, 0.717) is 33.6 Å². The van der Waals surface area contributed by atoms with Crippen LogP contribution in [-0.2, 0) is 9.59 Å². The molecular weight excluding hydrogens is 408 g/mol. The number of rotatable bonds is 5. The number of halogens is 1. The van der Waals surface area contributed by atoms with Gasteiger partial charge >= 0.3 is 0 Å². The Labute approximate surface area is 177 Å². The number of anilines is 2. The van der Waals surface area contributed by atoms with Crippen molar-refractivity contribution in [3.05, 3.63) is 53.7 Å². The van der Waals surface area contributed by atoms with Crippen LogP contribution in [0.1, 0.15) is 12.5 Å². The molecule has 30 heavy (non-hydrogen) atoms. The van der Waals surface area contributed by atoms with Crippen LogP contribution in [0.25, 0.3) is 11.1 Å². The second-order valence-electron chi connectivity index (χ2n) is 6.68. The first kappa shape index (κ1) is 19.8. The number of benzene rings is 2. The smallest absolute Gasteiger partial charge is 0.249 e. The van der Waals surface area contributed by atoms with Gasteiger partial charge in [-0.2, -0.15) is 5.10 Å². The summed E-state index contributed by atoms with van der Waals surface area (Å²) in [5.41, 5.74) is 2.01. The molecule has 0 aliphatic carbocycles. The molecule has 154 valence electrons. The van der Waals surface area contributed by atoms with Crippen LogP contribution in [0, 0.1) is 0 Å². The van der Waals surface area contributed by atoms with E-state index in [1.807, 2.05) is 12.1 Å². The molecular formula is C21H19ClN4O4. The van der Waals surface area contributed by atoms with Crippen LogP contribution in [0.2, 0.25) is 5.02 Å². The molecule has 2 heterocycles. The largest absolute Gasteiger partial charge is 0.497 e. The van der Waals surface area contributed by atoms with Gasteiger partial charge < -0.3 is 20.1 Å².